The molecule has 41 heavy (non-hydrogen) atoms. The molecule has 8 aliphatic rings. The third-order valence-corrected chi connectivity index (χ3v) is 14.7. The molecule has 0 radical (unpaired) electrons. The van der Waals surface area contributed by atoms with E-state index in [1.54, 1.807) is 19.2 Å². The first-order valence-electron chi connectivity index (χ1n) is 15.6. The Hall–Kier alpha value is -1.01. The molecular formula is C31H43NO8S. The van der Waals surface area contributed by atoms with E-state index in [1.165, 1.54) is 11.8 Å². The van der Waals surface area contributed by atoms with Crippen molar-refractivity contribution < 1.29 is 39.1 Å². The maximum absolute atomic E-state index is 12.6. The van der Waals surface area contributed by atoms with Crippen LogP contribution in [-0.4, -0.2) is 86.8 Å². The van der Waals surface area contributed by atoms with Gasteiger partial charge < -0.3 is 34.3 Å². The summed E-state index contributed by atoms with van der Waals surface area (Å²) in [6.07, 6.45) is 7.35. The number of carbonyl (C=O) groups is 1. The van der Waals surface area contributed by atoms with Crippen LogP contribution in [0, 0.1) is 34.5 Å². The third kappa shape index (κ3) is 3.36. The second-order valence-electron chi connectivity index (χ2n) is 14.7. The number of cyclic esters (lactones) is 1. The Morgan fingerprint density at radius 1 is 1.05 bits per heavy atom. The lowest BCUT2D eigenvalue weighted by Gasteiger charge is -2.66. The second-order valence-corrected chi connectivity index (χ2v) is 15.9. The van der Waals surface area contributed by atoms with Gasteiger partial charge in [-0.25, -0.2) is 4.79 Å². The van der Waals surface area contributed by atoms with Crippen LogP contribution in [0.15, 0.2) is 16.6 Å². The number of carbonyl (C=O) groups excluding carboxylic acids is 1. The molecule has 4 aliphatic heterocycles. The Morgan fingerprint density at radius 3 is 2.61 bits per heavy atom. The Kier molecular flexibility index (Phi) is 5.91. The number of esters is 1. The lowest BCUT2D eigenvalue weighted by atomic mass is 9.43. The lowest BCUT2D eigenvalue weighted by molar-refractivity contribution is -0.456. The van der Waals surface area contributed by atoms with Crippen molar-refractivity contribution in [1.82, 2.24) is 0 Å². The molecule has 226 valence electrons. The molecule has 8 rings (SSSR count). The molecule has 0 aromatic carbocycles. The maximum Gasteiger partial charge on any atom is 0.331 e. The molecule has 4 heterocycles. The summed E-state index contributed by atoms with van der Waals surface area (Å²) in [5.41, 5.74) is -0.104. The summed E-state index contributed by atoms with van der Waals surface area (Å²) in [6, 6.07) is 0. The van der Waals surface area contributed by atoms with E-state index in [1.807, 2.05) is 0 Å². The van der Waals surface area contributed by atoms with Gasteiger partial charge in [0.2, 0.25) is 6.29 Å². The van der Waals surface area contributed by atoms with Crippen LogP contribution in [0.4, 0.5) is 0 Å². The van der Waals surface area contributed by atoms with Crippen LogP contribution >= 0.6 is 11.8 Å². The summed E-state index contributed by atoms with van der Waals surface area (Å²) in [5.74, 6) is -0.487. The molecule has 0 amide bonds. The minimum Gasteiger partial charge on any atom is -0.458 e. The van der Waals surface area contributed by atoms with E-state index >= 15 is 0 Å². The number of fused-ring (bicyclic) bond motifs is 8. The predicted molar refractivity (Wildman–Crippen MR) is 150 cm³/mol. The van der Waals surface area contributed by atoms with Crippen LogP contribution in [0.25, 0.3) is 0 Å². The first kappa shape index (κ1) is 27.5. The first-order chi connectivity index (χ1) is 19.5. The number of aliphatic hydroxyl groups is 3. The fourth-order valence-electron chi connectivity index (χ4n) is 11.1. The fraction of sp³-hybridized carbons (Fsp3) is 0.871. The minimum absolute atomic E-state index is 0.0851. The number of thioether (sulfide) groups is 1. The number of hydrogen-bond acceptors (Lipinski definition) is 10. The van der Waals surface area contributed by atoms with E-state index in [-0.39, 0.29) is 40.8 Å². The highest BCUT2D eigenvalue weighted by atomic mass is 32.2. The highest BCUT2D eigenvalue weighted by Crippen LogP contribution is 2.70. The lowest BCUT2D eigenvalue weighted by Crippen LogP contribution is -2.77. The van der Waals surface area contributed by atoms with Gasteiger partial charge in [-0.1, -0.05) is 13.8 Å². The Balaban J connectivity index is 1.09. The minimum atomic E-state index is -1.90. The van der Waals surface area contributed by atoms with Crippen molar-refractivity contribution in [3.63, 3.8) is 0 Å². The van der Waals surface area contributed by atoms with E-state index in [2.05, 4.69) is 18.8 Å². The monoisotopic (exact) mass is 589 g/mol. The molecule has 1 spiro atoms. The largest absolute Gasteiger partial charge is 0.458 e. The number of hydrogen-bond donors (Lipinski definition) is 3. The second kappa shape index (κ2) is 8.79. The quantitative estimate of drug-likeness (QED) is 0.313. The van der Waals surface area contributed by atoms with Crippen LogP contribution in [0.1, 0.15) is 72.1 Å². The van der Waals surface area contributed by atoms with Gasteiger partial charge in [0.05, 0.1) is 23.9 Å². The molecule has 0 bridgehead atoms. The van der Waals surface area contributed by atoms with Crippen molar-refractivity contribution in [2.75, 3.05) is 12.4 Å². The summed E-state index contributed by atoms with van der Waals surface area (Å²) in [7, 11) is 0. The van der Waals surface area contributed by atoms with Crippen LogP contribution < -0.4 is 0 Å². The smallest absolute Gasteiger partial charge is 0.331 e. The van der Waals surface area contributed by atoms with E-state index < -0.39 is 34.8 Å². The normalized spacial score (nSPS) is 59.1. The summed E-state index contributed by atoms with van der Waals surface area (Å²) >= 11 is 1.39. The topological polar surface area (TPSA) is 127 Å². The number of rotatable bonds is 1. The number of nitrogens with zero attached hydrogens (tertiary/aromatic N) is 1. The summed E-state index contributed by atoms with van der Waals surface area (Å²) in [4.78, 5) is 15.2. The molecule has 2 saturated heterocycles. The summed E-state index contributed by atoms with van der Waals surface area (Å²) < 4.78 is 24.5. The van der Waals surface area contributed by atoms with Gasteiger partial charge in [-0.05, 0) is 93.0 Å². The van der Waals surface area contributed by atoms with Crippen molar-refractivity contribution >= 4 is 23.9 Å². The molecule has 0 aromatic heterocycles. The van der Waals surface area contributed by atoms with E-state index in [4.69, 9.17) is 18.9 Å². The van der Waals surface area contributed by atoms with Crippen molar-refractivity contribution in [3.05, 3.63) is 11.6 Å². The Morgan fingerprint density at radius 2 is 1.88 bits per heavy atom. The van der Waals surface area contributed by atoms with Gasteiger partial charge >= 0.3 is 5.97 Å². The van der Waals surface area contributed by atoms with Crippen molar-refractivity contribution in [2.24, 2.45) is 39.5 Å². The van der Waals surface area contributed by atoms with Gasteiger partial charge in [-0.2, -0.15) is 0 Å². The molecule has 3 N–H and O–H groups in total. The number of ether oxygens (including phenoxy) is 4. The molecular weight excluding hydrogens is 546 g/mol. The average Bonchev–Trinajstić information content (AvgIpc) is 3.65. The van der Waals surface area contributed by atoms with Crippen molar-refractivity contribution in [2.45, 2.75) is 119 Å². The highest BCUT2D eigenvalue weighted by Gasteiger charge is 2.73. The Labute approximate surface area is 245 Å². The molecule has 0 aromatic rings. The standard InChI is InChI=1S/C31H43NO8S/c1-16-25(34)30(32-10-11-41-30)31(36)26(38-16)39-22-13-18-4-5-21-20(27(18,2)14-23(22)40-31)6-8-28(3)19(7-9-29(21,28)35)17-12-24(33)37-15-17/h10,12,16,18-23,25-26,34-36H,4-9,11,13-15H2,1-3H3/t16?,18-,19+,20+,21+,22-,23-,25?,26?,27-,28+,29-,30?,31?/m0/s1. The van der Waals surface area contributed by atoms with Crippen LogP contribution in [-0.2, 0) is 23.7 Å². The molecule has 4 aliphatic carbocycles. The van der Waals surface area contributed by atoms with Crippen LogP contribution in [0.5, 0.6) is 0 Å². The fourth-order valence-corrected chi connectivity index (χ4v) is 12.4. The van der Waals surface area contributed by atoms with Crippen molar-refractivity contribution in [3.8, 4) is 0 Å². The van der Waals surface area contributed by atoms with E-state index in [0.717, 1.165) is 56.9 Å². The number of aliphatic imine (C=N–C) groups is 1. The van der Waals surface area contributed by atoms with Gasteiger partial charge in [0, 0.05) is 23.5 Å². The number of aliphatic hydroxyl groups excluding tert-OH is 1. The highest BCUT2D eigenvalue weighted by molar-refractivity contribution is 8.01. The third-order valence-electron chi connectivity index (χ3n) is 13.3. The molecule has 6 fully saturated rings. The van der Waals surface area contributed by atoms with Gasteiger partial charge in [0.1, 0.15) is 12.7 Å². The summed E-state index contributed by atoms with van der Waals surface area (Å²) in [5, 5.41) is 35.8. The SMILES string of the molecule is CC1OC2O[C@H]3C[C@@H]4CC[C@@H]5[C@@H](CC[C@]6(C)[C@@H](C7=CC(=O)OC7)CC[C@]56O)[C@@]4(C)C[C@@H]3OC2(O)C2(N=CCS2)C1O. The van der Waals surface area contributed by atoms with Crippen LogP contribution in [0.2, 0.25) is 0 Å². The zero-order chi connectivity index (χ0) is 28.6. The molecule has 14 atom stereocenters. The molecule has 4 saturated carbocycles. The molecule has 9 nitrogen and oxygen atoms in total. The van der Waals surface area contributed by atoms with E-state index in [9.17, 15) is 20.1 Å². The van der Waals surface area contributed by atoms with Gasteiger partial charge in [-0.15, -0.1) is 11.8 Å². The predicted octanol–water partition coefficient (Wildman–Crippen LogP) is 2.95. The van der Waals surface area contributed by atoms with Crippen molar-refractivity contribution in [1.29, 1.82) is 0 Å². The summed E-state index contributed by atoms with van der Waals surface area (Å²) in [6.45, 7) is 6.77. The van der Waals surface area contributed by atoms with Gasteiger partial charge in [-0.3, -0.25) is 4.99 Å². The molecule has 10 heteroatoms. The maximum atomic E-state index is 12.6. The van der Waals surface area contributed by atoms with E-state index in [0.29, 0.717) is 24.2 Å². The van der Waals surface area contributed by atoms with Gasteiger partial charge in [0.15, 0.2) is 4.87 Å². The molecule has 5 unspecified atom stereocenters. The zero-order valence-electron chi connectivity index (χ0n) is 24.2. The zero-order valence-corrected chi connectivity index (χ0v) is 25.0. The van der Waals surface area contributed by atoms with Gasteiger partial charge in [0.25, 0.3) is 5.79 Å². The average molecular weight is 590 g/mol. The first-order valence-corrected chi connectivity index (χ1v) is 16.6. The Bertz CT molecular complexity index is 1210. The van der Waals surface area contributed by atoms with Crippen LogP contribution in [0.3, 0.4) is 0 Å².